The van der Waals surface area contributed by atoms with E-state index in [-0.39, 0.29) is 11.8 Å². The molecule has 0 radical (unpaired) electrons. The lowest BCUT2D eigenvalue weighted by atomic mass is 10.0. The minimum absolute atomic E-state index is 0.0486. The second kappa shape index (κ2) is 7.18. The monoisotopic (exact) mass is 332 g/mol. The molecule has 0 saturated carbocycles. The van der Waals surface area contributed by atoms with E-state index in [1.165, 1.54) is 0 Å². The zero-order valence-electron chi connectivity index (χ0n) is 14.3. The van der Waals surface area contributed by atoms with Crippen LogP contribution in [-0.2, 0) is 11.2 Å². The van der Waals surface area contributed by atoms with Crippen LogP contribution in [0, 0.1) is 0 Å². The van der Waals surface area contributed by atoms with Gasteiger partial charge in [-0.1, -0.05) is 48.5 Å². The van der Waals surface area contributed by atoms with Crippen LogP contribution in [0.2, 0.25) is 0 Å². The van der Waals surface area contributed by atoms with Crippen molar-refractivity contribution in [1.82, 2.24) is 4.90 Å². The molecule has 0 aliphatic carbocycles. The number of fused-ring (bicyclic) bond motifs is 1. The molecule has 2 amide bonds. The van der Waals surface area contributed by atoms with Crippen molar-refractivity contribution in [3.05, 3.63) is 77.9 Å². The number of benzene rings is 3. The van der Waals surface area contributed by atoms with Crippen LogP contribution in [0.25, 0.3) is 10.8 Å². The quantitative estimate of drug-likeness (QED) is 0.791. The van der Waals surface area contributed by atoms with E-state index in [0.29, 0.717) is 17.7 Å². The highest BCUT2D eigenvalue weighted by molar-refractivity contribution is 6.12. The van der Waals surface area contributed by atoms with E-state index in [4.69, 9.17) is 0 Å². The lowest BCUT2D eigenvalue weighted by Crippen LogP contribution is -2.23. The zero-order chi connectivity index (χ0) is 17.8. The summed E-state index contributed by atoms with van der Waals surface area (Å²) in [6.07, 6.45) is 0.352. The summed E-state index contributed by atoms with van der Waals surface area (Å²) >= 11 is 0. The fraction of sp³-hybridized carbons (Fsp3) is 0.143. The van der Waals surface area contributed by atoms with Gasteiger partial charge in [0.1, 0.15) is 0 Å². The lowest BCUT2D eigenvalue weighted by molar-refractivity contribution is -0.127. The van der Waals surface area contributed by atoms with Gasteiger partial charge in [-0.2, -0.15) is 0 Å². The molecule has 0 aliphatic rings. The molecule has 0 aromatic heterocycles. The third-order valence-electron chi connectivity index (χ3n) is 4.10. The topological polar surface area (TPSA) is 49.4 Å². The number of nitrogens with one attached hydrogen (secondary N) is 1. The van der Waals surface area contributed by atoms with E-state index in [1.807, 2.05) is 66.7 Å². The zero-order valence-corrected chi connectivity index (χ0v) is 14.3. The van der Waals surface area contributed by atoms with Crippen molar-refractivity contribution in [2.24, 2.45) is 0 Å². The summed E-state index contributed by atoms with van der Waals surface area (Å²) in [7, 11) is 3.47. The van der Waals surface area contributed by atoms with Crippen molar-refractivity contribution in [2.75, 3.05) is 19.4 Å². The van der Waals surface area contributed by atoms with Gasteiger partial charge in [-0.3, -0.25) is 9.59 Å². The molecule has 0 unspecified atom stereocenters. The predicted octanol–water partition coefficient (Wildman–Crippen LogP) is 3.72. The van der Waals surface area contributed by atoms with E-state index < -0.39 is 0 Å². The summed E-state index contributed by atoms with van der Waals surface area (Å²) in [6, 6.07) is 20.9. The molecule has 0 saturated heterocycles. The molecule has 126 valence electrons. The van der Waals surface area contributed by atoms with E-state index in [2.05, 4.69) is 5.32 Å². The van der Waals surface area contributed by atoms with Gasteiger partial charge in [0.05, 0.1) is 6.42 Å². The second-order valence-corrected chi connectivity index (χ2v) is 6.14. The van der Waals surface area contributed by atoms with Crippen LogP contribution in [0.5, 0.6) is 0 Å². The molecule has 4 heteroatoms. The minimum Gasteiger partial charge on any atom is -0.349 e. The van der Waals surface area contributed by atoms with Gasteiger partial charge in [0, 0.05) is 25.3 Å². The Labute approximate surface area is 147 Å². The Kier molecular flexibility index (Phi) is 4.80. The summed E-state index contributed by atoms with van der Waals surface area (Å²) < 4.78 is 0. The molecular weight excluding hydrogens is 312 g/mol. The molecule has 0 bridgehead atoms. The summed E-state index contributed by atoms with van der Waals surface area (Å²) in [5, 5.41) is 4.88. The summed E-state index contributed by atoms with van der Waals surface area (Å²) in [4.78, 5) is 25.9. The molecule has 0 spiro atoms. The Morgan fingerprint density at radius 3 is 2.28 bits per heavy atom. The van der Waals surface area contributed by atoms with Crippen molar-refractivity contribution in [1.29, 1.82) is 0 Å². The van der Waals surface area contributed by atoms with Gasteiger partial charge >= 0.3 is 0 Å². The number of carbonyl (C=O) groups excluding carboxylic acids is 2. The van der Waals surface area contributed by atoms with Crippen LogP contribution in [0.3, 0.4) is 0 Å². The maximum absolute atomic E-state index is 12.6. The van der Waals surface area contributed by atoms with E-state index in [9.17, 15) is 9.59 Å². The molecule has 3 aromatic rings. The van der Waals surface area contributed by atoms with Gasteiger partial charge in [0.2, 0.25) is 5.91 Å². The average Bonchev–Trinajstić information content (AvgIpc) is 2.62. The summed E-state index contributed by atoms with van der Waals surface area (Å²) in [6.45, 7) is 0. The molecular formula is C21H20N2O2. The highest BCUT2D eigenvalue weighted by atomic mass is 16.2. The Balaban J connectivity index is 1.75. The van der Waals surface area contributed by atoms with Gasteiger partial charge in [-0.25, -0.2) is 0 Å². The lowest BCUT2D eigenvalue weighted by Gasteiger charge is -2.11. The Bertz CT molecular complexity index is 909. The smallest absolute Gasteiger partial charge is 0.256 e. The summed E-state index contributed by atoms with van der Waals surface area (Å²) in [5.41, 5.74) is 2.27. The molecule has 0 fully saturated rings. The third-order valence-corrected chi connectivity index (χ3v) is 4.10. The predicted molar refractivity (Wildman–Crippen MR) is 101 cm³/mol. The van der Waals surface area contributed by atoms with Crippen molar-refractivity contribution < 1.29 is 9.59 Å². The first kappa shape index (κ1) is 16.7. The highest BCUT2D eigenvalue weighted by Crippen LogP contribution is 2.20. The minimum atomic E-state index is -0.145. The molecule has 0 aliphatic heterocycles. The number of likely N-dealkylation sites (N-methyl/N-ethyl adjacent to an activating group) is 1. The van der Waals surface area contributed by atoms with Crippen molar-refractivity contribution in [3.63, 3.8) is 0 Å². The van der Waals surface area contributed by atoms with Crippen molar-refractivity contribution in [3.8, 4) is 0 Å². The number of hydrogen-bond acceptors (Lipinski definition) is 2. The Hall–Kier alpha value is -3.14. The number of hydrogen-bond donors (Lipinski definition) is 1. The van der Waals surface area contributed by atoms with Crippen molar-refractivity contribution in [2.45, 2.75) is 6.42 Å². The van der Waals surface area contributed by atoms with E-state index in [0.717, 1.165) is 16.3 Å². The van der Waals surface area contributed by atoms with Crippen LogP contribution in [0.4, 0.5) is 5.69 Å². The Morgan fingerprint density at radius 1 is 0.880 bits per heavy atom. The summed E-state index contributed by atoms with van der Waals surface area (Å²) in [5.74, 6) is -0.0959. The van der Waals surface area contributed by atoms with E-state index >= 15 is 0 Å². The van der Waals surface area contributed by atoms with Crippen LogP contribution in [-0.4, -0.2) is 30.8 Å². The van der Waals surface area contributed by atoms with Gasteiger partial charge < -0.3 is 10.2 Å². The molecule has 0 atom stereocenters. The number of amides is 2. The number of rotatable bonds is 4. The number of nitrogens with zero attached hydrogens (tertiary/aromatic N) is 1. The van der Waals surface area contributed by atoms with Gasteiger partial charge in [-0.15, -0.1) is 0 Å². The maximum atomic E-state index is 12.6. The fourth-order valence-electron chi connectivity index (χ4n) is 2.66. The second-order valence-electron chi connectivity index (χ2n) is 6.14. The van der Waals surface area contributed by atoms with Crippen LogP contribution < -0.4 is 5.32 Å². The molecule has 3 rings (SSSR count). The first-order valence-corrected chi connectivity index (χ1v) is 8.13. The maximum Gasteiger partial charge on any atom is 0.256 e. The van der Waals surface area contributed by atoms with Crippen LogP contribution in [0.1, 0.15) is 15.9 Å². The first-order valence-electron chi connectivity index (χ1n) is 8.13. The van der Waals surface area contributed by atoms with Gasteiger partial charge in [-0.05, 0) is 34.5 Å². The molecule has 3 aromatic carbocycles. The van der Waals surface area contributed by atoms with Crippen LogP contribution >= 0.6 is 0 Å². The number of anilines is 1. The largest absolute Gasteiger partial charge is 0.349 e. The van der Waals surface area contributed by atoms with Gasteiger partial charge in [0.25, 0.3) is 5.91 Å². The van der Waals surface area contributed by atoms with E-state index in [1.54, 1.807) is 19.0 Å². The molecule has 4 nitrogen and oxygen atoms in total. The van der Waals surface area contributed by atoms with Crippen LogP contribution in [0.15, 0.2) is 66.7 Å². The highest BCUT2D eigenvalue weighted by Gasteiger charge is 2.10. The SMILES string of the molecule is CN(C)C(=O)Cc1ccc(NC(=O)c2cccc3ccccc23)cc1. The molecule has 25 heavy (non-hydrogen) atoms. The first-order chi connectivity index (χ1) is 12.0. The normalized spacial score (nSPS) is 10.5. The molecule has 1 N–H and O–H groups in total. The number of carbonyl (C=O) groups is 2. The Morgan fingerprint density at radius 2 is 1.56 bits per heavy atom. The molecule has 0 heterocycles. The average molecular weight is 332 g/mol. The van der Waals surface area contributed by atoms with Crippen molar-refractivity contribution >= 4 is 28.3 Å². The standard InChI is InChI=1S/C21H20N2O2/c1-23(2)20(24)14-15-10-12-17(13-11-15)22-21(25)19-9-5-7-16-6-3-4-8-18(16)19/h3-13H,14H2,1-2H3,(H,22,25). The van der Waals surface area contributed by atoms with Gasteiger partial charge in [0.15, 0.2) is 0 Å². The third kappa shape index (κ3) is 3.86. The fourth-order valence-corrected chi connectivity index (χ4v) is 2.66.